The first-order valence-corrected chi connectivity index (χ1v) is 35.9. The van der Waals surface area contributed by atoms with Crippen molar-refractivity contribution in [3.05, 3.63) is 72.9 Å². The van der Waals surface area contributed by atoms with Crippen LogP contribution < -0.4 is 0 Å². The Hall–Kier alpha value is -3.15. The van der Waals surface area contributed by atoms with E-state index in [1.165, 1.54) is 244 Å². The van der Waals surface area contributed by atoms with E-state index < -0.39 is 6.10 Å². The Bertz CT molecular complexity index is 1500. The van der Waals surface area contributed by atoms with Crippen LogP contribution in [0.3, 0.4) is 0 Å². The van der Waals surface area contributed by atoms with Crippen LogP contribution in [0.15, 0.2) is 72.9 Å². The molecule has 0 aromatic heterocycles. The molecule has 1 atom stereocenters. The summed E-state index contributed by atoms with van der Waals surface area (Å²) in [6.07, 6.45) is 92.2. The molecule has 0 saturated carbocycles. The predicted molar refractivity (Wildman–Crippen MR) is 358 cm³/mol. The zero-order valence-corrected chi connectivity index (χ0v) is 54.8. The van der Waals surface area contributed by atoms with Crippen molar-refractivity contribution in [1.29, 1.82) is 0 Å². The van der Waals surface area contributed by atoms with Crippen LogP contribution >= 0.6 is 0 Å². The molecule has 0 heterocycles. The van der Waals surface area contributed by atoms with Crippen LogP contribution in [0.25, 0.3) is 0 Å². The van der Waals surface area contributed by atoms with E-state index in [9.17, 15) is 14.4 Å². The molecule has 0 spiro atoms. The van der Waals surface area contributed by atoms with Gasteiger partial charge in [-0.1, -0.05) is 338 Å². The maximum atomic E-state index is 13.0. The summed E-state index contributed by atoms with van der Waals surface area (Å²) in [4.78, 5) is 38.4. The number of allylic oxidation sites excluding steroid dienone is 12. The number of carbonyl (C=O) groups is 3. The molecule has 0 saturated heterocycles. The Morgan fingerprint density at radius 3 is 0.756 bits per heavy atom. The molecule has 476 valence electrons. The van der Waals surface area contributed by atoms with Gasteiger partial charge in [0, 0.05) is 19.3 Å². The van der Waals surface area contributed by atoms with Gasteiger partial charge in [-0.2, -0.15) is 0 Å². The summed E-state index contributed by atoms with van der Waals surface area (Å²) in [6.45, 7) is 6.58. The monoisotopic (exact) mass is 1150 g/mol. The fourth-order valence-electron chi connectivity index (χ4n) is 10.6. The van der Waals surface area contributed by atoms with E-state index in [1.807, 2.05) is 0 Å². The van der Waals surface area contributed by atoms with E-state index in [0.29, 0.717) is 19.3 Å². The highest BCUT2D eigenvalue weighted by Gasteiger charge is 2.19. The van der Waals surface area contributed by atoms with Crippen molar-refractivity contribution in [2.24, 2.45) is 0 Å². The Morgan fingerprint density at radius 2 is 0.476 bits per heavy atom. The van der Waals surface area contributed by atoms with Crippen LogP contribution in [-0.4, -0.2) is 37.2 Å². The van der Waals surface area contributed by atoms with Gasteiger partial charge in [-0.05, 0) is 89.9 Å². The minimum atomic E-state index is -0.774. The third-order valence-electron chi connectivity index (χ3n) is 15.9. The first-order valence-electron chi connectivity index (χ1n) is 35.9. The highest BCUT2D eigenvalue weighted by Crippen LogP contribution is 2.18. The molecular formula is C76H136O6. The van der Waals surface area contributed by atoms with Gasteiger partial charge < -0.3 is 14.2 Å². The average molecular weight is 1150 g/mol. The summed E-state index contributed by atoms with van der Waals surface area (Å²) < 4.78 is 17.0. The highest BCUT2D eigenvalue weighted by atomic mass is 16.6. The molecule has 0 aliphatic heterocycles. The Morgan fingerprint density at radius 1 is 0.256 bits per heavy atom. The summed E-state index contributed by atoms with van der Waals surface area (Å²) >= 11 is 0. The second-order valence-electron chi connectivity index (χ2n) is 24.1. The third-order valence-corrected chi connectivity index (χ3v) is 15.9. The van der Waals surface area contributed by atoms with Crippen molar-refractivity contribution < 1.29 is 28.6 Å². The van der Waals surface area contributed by atoms with E-state index in [2.05, 4.69) is 93.7 Å². The molecule has 0 bridgehead atoms. The number of hydrogen-bond donors (Lipinski definition) is 0. The van der Waals surface area contributed by atoms with Gasteiger partial charge in [-0.15, -0.1) is 0 Å². The number of hydrogen-bond acceptors (Lipinski definition) is 6. The summed E-state index contributed by atoms with van der Waals surface area (Å²) in [6, 6.07) is 0. The van der Waals surface area contributed by atoms with Gasteiger partial charge in [-0.3, -0.25) is 14.4 Å². The molecule has 0 aliphatic carbocycles. The van der Waals surface area contributed by atoms with Gasteiger partial charge in [-0.25, -0.2) is 0 Å². The minimum absolute atomic E-state index is 0.0704. The molecule has 6 nitrogen and oxygen atoms in total. The molecule has 0 aromatic carbocycles. The van der Waals surface area contributed by atoms with Crippen LogP contribution in [0.2, 0.25) is 0 Å². The van der Waals surface area contributed by atoms with Crippen LogP contribution in [-0.2, 0) is 28.6 Å². The predicted octanol–water partition coefficient (Wildman–Crippen LogP) is 24.8. The largest absolute Gasteiger partial charge is 0.462 e. The zero-order chi connectivity index (χ0) is 59.2. The van der Waals surface area contributed by atoms with E-state index in [4.69, 9.17) is 14.2 Å². The first-order chi connectivity index (χ1) is 40.5. The van der Waals surface area contributed by atoms with Crippen molar-refractivity contribution in [2.45, 2.75) is 380 Å². The van der Waals surface area contributed by atoms with Gasteiger partial charge in [0.05, 0.1) is 0 Å². The summed E-state index contributed by atoms with van der Waals surface area (Å²) in [5.41, 5.74) is 0. The van der Waals surface area contributed by atoms with Crippen LogP contribution in [0.1, 0.15) is 374 Å². The fourth-order valence-corrected chi connectivity index (χ4v) is 10.6. The van der Waals surface area contributed by atoms with Gasteiger partial charge >= 0.3 is 17.9 Å². The SMILES string of the molecule is CC/C=C\C/C=C\C/C=C\C/C=C\C/C=C\CCCCCCCCCCCCCCCC(=O)OCC(COC(=O)CCCCCCCCCCCCCC)OC(=O)CCCCCCCCCCCCC/C=C\CCCCCCCCCC. The standard InChI is InChI=1S/C76H136O6/c1-4-7-10-13-16-19-22-25-27-29-31-33-35-36-37-38-39-40-42-43-45-47-49-51-54-57-60-63-66-69-75(78)81-72-73(71-80-74(77)68-65-62-59-56-53-24-21-18-15-12-9-6-3)82-76(79)70-67-64-61-58-55-52-50-48-46-44-41-34-32-30-28-26-23-20-17-14-11-8-5-2/h7,10,16,19,25,27,30-33,36-37,73H,4-6,8-9,11-15,17-18,20-24,26,28-29,34-35,38-72H2,1-3H3/b10-7-,19-16-,27-25-,32-30-,33-31-,37-36-. The lowest BCUT2D eigenvalue weighted by atomic mass is 10.0. The summed E-state index contributed by atoms with van der Waals surface area (Å²) in [5, 5.41) is 0. The lowest BCUT2D eigenvalue weighted by molar-refractivity contribution is -0.167. The third kappa shape index (κ3) is 67.6. The van der Waals surface area contributed by atoms with Gasteiger partial charge in [0.15, 0.2) is 6.10 Å². The van der Waals surface area contributed by atoms with Crippen LogP contribution in [0.4, 0.5) is 0 Å². The molecule has 0 N–H and O–H groups in total. The van der Waals surface area contributed by atoms with Crippen molar-refractivity contribution >= 4 is 17.9 Å². The Kier molecular flexibility index (Phi) is 67.6. The second-order valence-corrected chi connectivity index (χ2v) is 24.1. The fraction of sp³-hybridized carbons (Fsp3) is 0.803. The van der Waals surface area contributed by atoms with Crippen LogP contribution in [0.5, 0.6) is 0 Å². The van der Waals surface area contributed by atoms with E-state index in [0.717, 1.165) is 89.9 Å². The number of carbonyl (C=O) groups excluding carboxylic acids is 3. The van der Waals surface area contributed by atoms with Gasteiger partial charge in [0.25, 0.3) is 0 Å². The number of unbranched alkanes of at least 4 members (excludes halogenated alkanes) is 43. The highest BCUT2D eigenvalue weighted by molar-refractivity contribution is 5.71. The second kappa shape index (κ2) is 70.3. The Labute approximate surface area is 510 Å². The van der Waals surface area contributed by atoms with Crippen molar-refractivity contribution in [2.75, 3.05) is 13.2 Å². The number of ether oxygens (including phenoxy) is 3. The summed E-state index contributed by atoms with van der Waals surface area (Å²) in [5.74, 6) is -0.850. The number of rotatable bonds is 66. The average Bonchev–Trinajstić information content (AvgIpc) is 3.47. The normalized spacial score (nSPS) is 12.5. The molecule has 0 aromatic rings. The smallest absolute Gasteiger partial charge is 0.306 e. The minimum Gasteiger partial charge on any atom is -0.462 e. The molecule has 0 radical (unpaired) electrons. The van der Waals surface area contributed by atoms with Crippen molar-refractivity contribution in [3.8, 4) is 0 Å². The molecule has 0 aliphatic rings. The first kappa shape index (κ1) is 78.8. The van der Waals surface area contributed by atoms with Crippen molar-refractivity contribution in [3.63, 3.8) is 0 Å². The maximum Gasteiger partial charge on any atom is 0.306 e. The van der Waals surface area contributed by atoms with E-state index >= 15 is 0 Å². The van der Waals surface area contributed by atoms with E-state index in [1.54, 1.807) is 0 Å². The summed E-state index contributed by atoms with van der Waals surface area (Å²) in [7, 11) is 0. The number of esters is 3. The topological polar surface area (TPSA) is 78.9 Å². The lowest BCUT2D eigenvalue weighted by Crippen LogP contribution is -2.30. The van der Waals surface area contributed by atoms with Crippen LogP contribution in [0, 0.1) is 0 Å². The zero-order valence-electron chi connectivity index (χ0n) is 54.8. The molecule has 0 fully saturated rings. The molecule has 82 heavy (non-hydrogen) atoms. The molecular weight excluding hydrogens is 1010 g/mol. The van der Waals surface area contributed by atoms with Gasteiger partial charge in [0.1, 0.15) is 13.2 Å². The molecule has 0 rings (SSSR count). The molecule has 6 heteroatoms. The maximum absolute atomic E-state index is 13.0. The van der Waals surface area contributed by atoms with Gasteiger partial charge in [0.2, 0.25) is 0 Å². The van der Waals surface area contributed by atoms with Crippen molar-refractivity contribution in [1.82, 2.24) is 0 Å². The lowest BCUT2D eigenvalue weighted by Gasteiger charge is -2.18. The molecule has 0 amide bonds. The Balaban J connectivity index is 4.22. The molecule has 1 unspecified atom stereocenters. The quantitative estimate of drug-likeness (QED) is 0.0261. The van der Waals surface area contributed by atoms with E-state index in [-0.39, 0.29) is 31.1 Å².